The summed E-state index contributed by atoms with van der Waals surface area (Å²) in [5, 5.41) is 0.348. The van der Waals surface area contributed by atoms with Crippen molar-refractivity contribution < 1.29 is 4.52 Å². The Bertz CT molecular complexity index is 157. The Morgan fingerprint density at radius 1 is 1.36 bits per heavy atom. The Labute approximate surface area is 69.8 Å². The molecular formula is C8H16NOP. The van der Waals surface area contributed by atoms with Crippen LogP contribution >= 0.6 is 8.30 Å². The lowest BCUT2D eigenvalue weighted by atomic mass is 10.1. The summed E-state index contributed by atoms with van der Waals surface area (Å²) in [7, 11) is -0.275. The molecule has 2 nitrogen and oxygen atoms in total. The highest BCUT2D eigenvalue weighted by atomic mass is 31.2. The molecule has 3 rings (SSSR count). The highest BCUT2D eigenvalue weighted by molar-refractivity contribution is 7.51. The fraction of sp³-hybridized carbons (Fsp3) is 1.00. The first-order valence-electron chi connectivity index (χ1n) is 4.25. The minimum Gasteiger partial charge on any atom is -0.343 e. The molecule has 0 saturated carbocycles. The predicted molar refractivity (Wildman–Crippen MR) is 47.7 cm³/mol. The Morgan fingerprint density at radius 3 is 2.27 bits per heavy atom. The van der Waals surface area contributed by atoms with E-state index in [9.17, 15) is 0 Å². The van der Waals surface area contributed by atoms with Crippen molar-refractivity contribution in [2.45, 2.75) is 25.9 Å². The summed E-state index contributed by atoms with van der Waals surface area (Å²) in [5.74, 6) is 0.857. The maximum absolute atomic E-state index is 5.80. The lowest BCUT2D eigenvalue weighted by Crippen LogP contribution is -2.52. The molecule has 0 aliphatic carbocycles. The quantitative estimate of drug-likeness (QED) is 0.520. The van der Waals surface area contributed by atoms with Crippen LogP contribution in [0.5, 0.6) is 0 Å². The minimum atomic E-state index is -0.275. The summed E-state index contributed by atoms with van der Waals surface area (Å²) in [4.78, 5) is 0. The van der Waals surface area contributed by atoms with E-state index in [0.717, 1.165) is 12.5 Å². The molecule has 3 fully saturated rings. The Balaban J connectivity index is 2.03. The summed E-state index contributed by atoms with van der Waals surface area (Å²) >= 11 is 0. The maximum atomic E-state index is 5.80. The van der Waals surface area contributed by atoms with Crippen LogP contribution in [0.4, 0.5) is 0 Å². The molecule has 2 bridgehead atoms. The lowest BCUT2D eigenvalue weighted by Gasteiger charge is -2.52. The number of fused-ring (bicyclic) bond motifs is 2. The van der Waals surface area contributed by atoms with Crippen LogP contribution in [-0.4, -0.2) is 29.5 Å². The van der Waals surface area contributed by atoms with Crippen molar-refractivity contribution in [2.24, 2.45) is 5.92 Å². The van der Waals surface area contributed by atoms with Gasteiger partial charge in [-0.25, -0.2) is 0 Å². The van der Waals surface area contributed by atoms with Crippen molar-refractivity contribution in [1.82, 2.24) is 4.67 Å². The van der Waals surface area contributed by atoms with Crippen molar-refractivity contribution in [3.8, 4) is 0 Å². The van der Waals surface area contributed by atoms with E-state index in [1.54, 1.807) is 0 Å². The van der Waals surface area contributed by atoms with E-state index in [1.165, 1.54) is 13.1 Å². The highest BCUT2D eigenvalue weighted by Gasteiger charge is 2.44. The van der Waals surface area contributed by atoms with E-state index in [1.807, 2.05) is 0 Å². The second-order valence-electron chi connectivity index (χ2n) is 4.48. The molecule has 0 radical (unpaired) electrons. The largest absolute Gasteiger partial charge is 0.343 e. The minimum absolute atomic E-state index is 0.275. The van der Waals surface area contributed by atoms with Crippen molar-refractivity contribution in [1.29, 1.82) is 0 Å². The predicted octanol–water partition coefficient (Wildman–Crippen LogP) is 2.06. The molecule has 3 aliphatic heterocycles. The van der Waals surface area contributed by atoms with Gasteiger partial charge in [-0.3, -0.25) is 4.67 Å². The average molecular weight is 173 g/mol. The van der Waals surface area contributed by atoms with Crippen LogP contribution in [0.25, 0.3) is 0 Å². The molecule has 0 aromatic heterocycles. The van der Waals surface area contributed by atoms with Gasteiger partial charge in [0.05, 0.1) is 6.61 Å². The molecule has 0 amide bonds. The lowest BCUT2D eigenvalue weighted by molar-refractivity contribution is 0.0733. The number of hydrogen-bond donors (Lipinski definition) is 0. The SMILES string of the molecule is CC(C)(C)P1OCC2CN1C2. The van der Waals surface area contributed by atoms with Crippen molar-refractivity contribution in [3.05, 3.63) is 0 Å². The summed E-state index contributed by atoms with van der Waals surface area (Å²) in [5.41, 5.74) is 0. The zero-order valence-corrected chi connectivity index (χ0v) is 8.40. The van der Waals surface area contributed by atoms with Crippen LogP contribution in [0, 0.1) is 5.92 Å². The molecule has 1 atom stereocenters. The van der Waals surface area contributed by atoms with Crippen LogP contribution in [0.15, 0.2) is 0 Å². The van der Waals surface area contributed by atoms with Crippen LogP contribution < -0.4 is 0 Å². The number of rotatable bonds is 0. The normalized spacial score (nSPS) is 43.4. The molecule has 0 spiro atoms. The van der Waals surface area contributed by atoms with Gasteiger partial charge >= 0.3 is 0 Å². The molecule has 64 valence electrons. The van der Waals surface area contributed by atoms with Gasteiger partial charge in [0, 0.05) is 24.2 Å². The van der Waals surface area contributed by atoms with Crippen LogP contribution in [0.1, 0.15) is 20.8 Å². The van der Waals surface area contributed by atoms with Gasteiger partial charge in [-0.05, 0) is 0 Å². The first kappa shape index (κ1) is 7.97. The van der Waals surface area contributed by atoms with Gasteiger partial charge in [0.15, 0.2) is 0 Å². The third-order valence-electron chi connectivity index (χ3n) is 2.20. The number of nitrogens with zero attached hydrogens (tertiary/aromatic N) is 1. The Kier molecular flexibility index (Phi) is 1.75. The van der Waals surface area contributed by atoms with Crippen molar-refractivity contribution >= 4 is 8.30 Å². The second-order valence-corrected chi connectivity index (χ2v) is 7.19. The Morgan fingerprint density at radius 2 is 2.00 bits per heavy atom. The molecule has 3 heterocycles. The number of hydrogen-bond acceptors (Lipinski definition) is 2. The maximum Gasteiger partial charge on any atom is 0.109 e. The zero-order valence-electron chi connectivity index (χ0n) is 7.50. The van der Waals surface area contributed by atoms with E-state index >= 15 is 0 Å². The van der Waals surface area contributed by atoms with Gasteiger partial charge in [-0.2, -0.15) is 0 Å². The third-order valence-corrected chi connectivity index (χ3v) is 4.58. The van der Waals surface area contributed by atoms with Gasteiger partial charge in [0.1, 0.15) is 8.30 Å². The Hall–Kier alpha value is 0.350. The van der Waals surface area contributed by atoms with Gasteiger partial charge < -0.3 is 4.52 Å². The van der Waals surface area contributed by atoms with E-state index < -0.39 is 0 Å². The van der Waals surface area contributed by atoms with Crippen LogP contribution in [-0.2, 0) is 4.52 Å². The monoisotopic (exact) mass is 173 g/mol. The average Bonchev–Trinajstić information content (AvgIpc) is 1.84. The van der Waals surface area contributed by atoms with Gasteiger partial charge in [-0.15, -0.1) is 0 Å². The molecule has 3 saturated heterocycles. The van der Waals surface area contributed by atoms with Gasteiger partial charge in [0.2, 0.25) is 0 Å². The fourth-order valence-electron chi connectivity index (χ4n) is 1.67. The third kappa shape index (κ3) is 1.32. The van der Waals surface area contributed by atoms with Gasteiger partial charge in [-0.1, -0.05) is 20.8 Å². The molecule has 0 aromatic rings. The summed E-state index contributed by atoms with van der Waals surface area (Å²) in [6.45, 7) is 10.4. The molecule has 11 heavy (non-hydrogen) atoms. The van der Waals surface area contributed by atoms with Gasteiger partial charge in [0.25, 0.3) is 0 Å². The smallest absolute Gasteiger partial charge is 0.109 e. The molecular weight excluding hydrogens is 157 g/mol. The molecule has 3 heteroatoms. The van der Waals surface area contributed by atoms with E-state index in [-0.39, 0.29) is 8.30 Å². The summed E-state index contributed by atoms with van der Waals surface area (Å²) in [6, 6.07) is 0. The van der Waals surface area contributed by atoms with Crippen LogP contribution in [0.3, 0.4) is 0 Å². The molecule has 0 aromatic carbocycles. The first-order valence-corrected chi connectivity index (χ1v) is 5.46. The van der Waals surface area contributed by atoms with E-state index in [0.29, 0.717) is 5.16 Å². The van der Waals surface area contributed by atoms with Crippen LogP contribution in [0.2, 0.25) is 0 Å². The molecule has 3 aliphatic rings. The fourth-order valence-corrected chi connectivity index (χ4v) is 4.18. The van der Waals surface area contributed by atoms with E-state index in [2.05, 4.69) is 25.4 Å². The zero-order chi connectivity index (χ0) is 8.06. The van der Waals surface area contributed by atoms with Crippen molar-refractivity contribution in [2.75, 3.05) is 19.7 Å². The summed E-state index contributed by atoms with van der Waals surface area (Å²) < 4.78 is 8.30. The first-order chi connectivity index (χ1) is 5.07. The topological polar surface area (TPSA) is 12.5 Å². The summed E-state index contributed by atoms with van der Waals surface area (Å²) in [6.07, 6.45) is 0. The molecule has 1 unspecified atom stereocenters. The van der Waals surface area contributed by atoms with E-state index in [4.69, 9.17) is 4.52 Å². The highest BCUT2D eigenvalue weighted by Crippen LogP contribution is 2.59. The molecule has 0 N–H and O–H groups in total. The standard InChI is InChI=1S/C8H16NOP/c1-8(2,3)11-9-4-7(5-9)6-10-11/h7H,4-6H2,1-3H3. The van der Waals surface area contributed by atoms with Crippen molar-refractivity contribution in [3.63, 3.8) is 0 Å². The second kappa shape index (κ2) is 2.42.